The quantitative estimate of drug-likeness (QED) is 0.675. The lowest BCUT2D eigenvalue weighted by molar-refractivity contribution is -0.384. The van der Waals surface area contributed by atoms with Crippen molar-refractivity contribution in [2.75, 3.05) is 4.90 Å². The van der Waals surface area contributed by atoms with E-state index in [9.17, 15) is 23.3 Å². The topological polar surface area (TPSA) is 124 Å². The maximum atomic E-state index is 11.9. The third kappa shape index (κ3) is 3.71. The number of nitro benzene ring substituents is 1. The molecule has 0 saturated carbocycles. The van der Waals surface area contributed by atoms with Gasteiger partial charge in [0.15, 0.2) is 0 Å². The Bertz CT molecular complexity index is 845. The van der Waals surface area contributed by atoms with E-state index in [0.29, 0.717) is 11.4 Å². The number of nitrogens with two attached hydrogens (primary N) is 1. The van der Waals surface area contributed by atoms with Crippen LogP contribution in [0.1, 0.15) is 6.92 Å². The largest absolute Gasteiger partial charge is 0.281 e. The summed E-state index contributed by atoms with van der Waals surface area (Å²) in [6.07, 6.45) is 0. The molecule has 1 amide bonds. The fourth-order valence-electron chi connectivity index (χ4n) is 2.02. The van der Waals surface area contributed by atoms with E-state index in [0.717, 1.165) is 0 Å². The zero-order chi connectivity index (χ0) is 17.2. The van der Waals surface area contributed by atoms with E-state index >= 15 is 0 Å². The van der Waals surface area contributed by atoms with Gasteiger partial charge in [0, 0.05) is 30.4 Å². The molecule has 0 radical (unpaired) electrons. The third-order valence-electron chi connectivity index (χ3n) is 3.06. The highest BCUT2D eigenvalue weighted by Gasteiger charge is 2.16. The van der Waals surface area contributed by atoms with Gasteiger partial charge in [0.1, 0.15) is 0 Å². The predicted molar refractivity (Wildman–Crippen MR) is 83.7 cm³/mol. The lowest BCUT2D eigenvalue weighted by Gasteiger charge is -2.21. The molecule has 0 heterocycles. The van der Waals surface area contributed by atoms with Crippen LogP contribution in [0.25, 0.3) is 0 Å². The summed E-state index contributed by atoms with van der Waals surface area (Å²) in [5, 5.41) is 15.7. The average Bonchev–Trinajstić information content (AvgIpc) is 2.47. The normalized spacial score (nSPS) is 11.0. The number of anilines is 2. The second-order valence-corrected chi connectivity index (χ2v) is 6.23. The molecule has 120 valence electrons. The highest BCUT2D eigenvalue weighted by atomic mass is 32.2. The average molecular weight is 335 g/mol. The van der Waals surface area contributed by atoms with Crippen molar-refractivity contribution in [3.05, 3.63) is 58.6 Å². The summed E-state index contributed by atoms with van der Waals surface area (Å²) in [6, 6.07) is 10.9. The van der Waals surface area contributed by atoms with Crippen LogP contribution in [0.3, 0.4) is 0 Å². The van der Waals surface area contributed by atoms with Gasteiger partial charge in [0.25, 0.3) is 5.69 Å². The van der Waals surface area contributed by atoms with Crippen LogP contribution in [0.2, 0.25) is 0 Å². The SMILES string of the molecule is CC(=O)N(c1ccc([N+](=O)[O-])cc1)c1ccc(S(N)(=O)=O)cc1. The minimum atomic E-state index is -3.82. The van der Waals surface area contributed by atoms with Gasteiger partial charge in [-0.3, -0.25) is 19.8 Å². The van der Waals surface area contributed by atoms with Crippen molar-refractivity contribution >= 4 is 33.0 Å². The molecule has 0 fully saturated rings. The van der Waals surface area contributed by atoms with Crippen molar-refractivity contribution < 1.29 is 18.1 Å². The lowest BCUT2D eigenvalue weighted by atomic mass is 10.2. The molecule has 0 bridgehead atoms. The number of amides is 1. The number of hydrogen-bond acceptors (Lipinski definition) is 5. The van der Waals surface area contributed by atoms with Gasteiger partial charge >= 0.3 is 0 Å². The Morgan fingerprint density at radius 1 is 1.04 bits per heavy atom. The Labute approximate surface area is 132 Å². The second-order valence-electron chi connectivity index (χ2n) is 4.67. The monoisotopic (exact) mass is 335 g/mol. The number of carbonyl (C=O) groups is 1. The summed E-state index contributed by atoms with van der Waals surface area (Å²) in [5.41, 5.74) is 0.743. The molecule has 0 saturated heterocycles. The molecular formula is C14H13N3O5S. The predicted octanol–water partition coefficient (Wildman–Crippen LogP) is 1.93. The van der Waals surface area contributed by atoms with E-state index in [4.69, 9.17) is 5.14 Å². The number of nitrogens with zero attached hydrogens (tertiary/aromatic N) is 2. The van der Waals surface area contributed by atoms with E-state index in [1.807, 2.05) is 0 Å². The standard InChI is InChI=1S/C14H13N3O5S/c1-10(18)16(11-2-4-13(5-3-11)17(19)20)12-6-8-14(9-7-12)23(15,21)22/h2-9H,1H3,(H2,15,21,22). The Kier molecular flexibility index (Phi) is 4.43. The zero-order valence-electron chi connectivity index (χ0n) is 12.0. The van der Waals surface area contributed by atoms with Crippen molar-refractivity contribution in [3.8, 4) is 0 Å². The van der Waals surface area contributed by atoms with E-state index < -0.39 is 14.9 Å². The lowest BCUT2D eigenvalue weighted by Crippen LogP contribution is -2.22. The van der Waals surface area contributed by atoms with Crippen LogP contribution in [0, 0.1) is 10.1 Å². The summed E-state index contributed by atoms with van der Waals surface area (Å²) < 4.78 is 22.5. The highest BCUT2D eigenvalue weighted by molar-refractivity contribution is 7.89. The molecule has 8 nitrogen and oxygen atoms in total. The van der Waals surface area contributed by atoms with Gasteiger partial charge in [-0.15, -0.1) is 0 Å². The molecule has 0 aromatic heterocycles. The first-order valence-corrected chi connectivity index (χ1v) is 7.93. The summed E-state index contributed by atoms with van der Waals surface area (Å²) in [7, 11) is -3.82. The van der Waals surface area contributed by atoms with Crippen LogP contribution in [0.15, 0.2) is 53.4 Å². The number of rotatable bonds is 4. The molecule has 9 heteroatoms. The van der Waals surface area contributed by atoms with Gasteiger partial charge in [-0.25, -0.2) is 13.6 Å². The van der Waals surface area contributed by atoms with Crippen LogP contribution in [0.5, 0.6) is 0 Å². The van der Waals surface area contributed by atoms with Crippen molar-refractivity contribution in [1.82, 2.24) is 0 Å². The van der Waals surface area contributed by atoms with Crippen LogP contribution >= 0.6 is 0 Å². The maximum Gasteiger partial charge on any atom is 0.269 e. The van der Waals surface area contributed by atoms with Gasteiger partial charge in [-0.05, 0) is 36.4 Å². The minimum Gasteiger partial charge on any atom is -0.281 e. The van der Waals surface area contributed by atoms with Crippen molar-refractivity contribution in [2.45, 2.75) is 11.8 Å². The molecule has 2 N–H and O–H groups in total. The molecule has 23 heavy (non-hydrogen) atoms. The molecule has 2 aromatic carbocycles. The van der Waals surface area contributed by atoms with Crippen LogP contribution in [0.4, 0.5) is 17.1 Å². The molecule has 0 aliphatic heterocycles. The summed E-state index contributed by atoms with van der Waals surface area (Å²) in [6.45, 7) is 1.33. The third-order valence-corrected chi connectivity index (χ3v) is 3.99. The Balaban J connectivity index is 2.42. The van der Waals surface area contributed by atoms with Gasteiger partial charge in [0.2, 0.25) is 15.9 Å². The Morgan fingerprint density at radius 3 is 1.83 bits per heavy atom. The molecule has 0 aliphatic carbocycles. The minimum absolute atomic E-state index is 0.0755. The molecular weight excluding hydrogens is 322 g/mol. The number of carbonyl (C=O) groups excluding carboxylic acids is 1. The molecule has 2 rings (SSSR count). The highest BCUT2D eigenvalue weighted by Crippen LogP contribution is 2.28. The molecule has 2 aromatic rings. The van der Waals surface area contributed by atoms with Crippen molar-refractivity contribution in [2.24, 2.45) is 5.14 Å². The fraction of sp³-hybridized carbons (Fsp3) is 0.0714. The summed E-state index contributed by atoms with van der Waals surface area (Å²) in [4.78, 5) is 23.3. The molecule has 0 unspecified atom stereocenters. The molecule has 0 aliphatic rings. The van der Waals surface area contributed by atoms with E-state index in [1.54, 1.807) is 0 Å². The van der Waals surface area contributed by atoms with Gasteiger partial charge < -0.3 is 0 Å². The summed E-state index contributed by atoms with van der Waals surface area (Å²) in [5.74, 6) is -0.331. The Morgan fingerprint density at radius 2 is 1.48 bits per heavy atom. The van der Waals surface area contributed by atoms with E-state index in [1.165, 1.54) is 60.4 Å². The first kappa shape index (κ1) is 16.6. The van der Waals surface area contributed by atoms with Gasteiger partial charge in [-0.1, -0.05) is 0 Å². The number of primary sulfonamides is 1. The van der Waals surface area contributed by atoms with Crippen LogP contribution in [-0.4, -0.2) is 19.2 Å². The number of benzene rings is 2. The van der Waals surface area contributed by atoms with E-state index in [2.05, 4.69) is 0 Å². The molecule has 0 spiro atoms. The molecule has 0 atom stereocenters. The number of sulfonamides is 1. The maximum absolute atomic E-state index is 11.9. The second kappa shape index (κ2) is 6.15. The van der Waals surface area contributed by atoms with Crippen molar-refractivity contribution in [3.63, 3.8) is 0 Å². The zero-order valence-corrected chi connectivity index (χ0v) is 12.9. The fourth-order valence-corrected chi connectivity index (χ4v) is 2.54. The number of non-ortho nitro benzene ring substituents is 1. The van der Waals surface area contributed by atoms with Crippen LogP contribution in [-0.2, 0) is 14.8 Å². The van der Waals surface area contributed by atoms with Gasteiger partial charge in [-0.2, -0.15) is 0 Å². The first-order valence-electron chi connectivity index (χ1n) is 6.38. The van der Waals surface area contributed by atoms with Gasteiger partial charge in [0.05, 0.1) is 9.82 Å². The Hall–Kier alpha value is -2.78. The van der Waals surface area contributed by atoms with Crippen molar-refractivity contribution in [1.29, 1.82) is 0 Å². The number of hydrogen-bond donors (Lipinski definition) is 1. The summed E-state index contributed by atoms with van der Waals surface area (Å²) >= 11 is 0. The number of nitro groups is 1. The van der Waals surface area contributed by atoms with E-state index in [-0.39, 0.29) is 16.5 Å². The smallest absolute Gasteiger partial charge is 0.269 e. The van der Waals surface area contributed by atoms with Crippen LogP contribution < -0.4 is 10.0 Å². The first-order chi connectivity index (χ1) is 10.7.